The Balaban J connectivity index is 2.73. The summed E-state index contributed by atoms with van der Waals surface area (Å²) in [6, 6.07) is 4.18. The Hall–Kier alpha value is -0.410. The zero-order chi connectivity index (χ0) is 14.7. The minimum atomic E-state index is 0.163. The van der Waals surface area contributed by atoms with Gasteiger partial charge in [0.05, 0.1) is 0 Å². The lowest BCUT2D eigenvalue weighted by Crippen LogP contribution is -2.42. The Morgan fingerprint density at radius 3 is 2.21 bits per heavy atom. The quantitative estimate of drug-likeness (QED) is 0.884. The second kappa shape index (κ2) is 6.36. The molecule has 0 spiro atoms. The van der Waals surface area contributed by atoms with Crippen LogP contribution in [0.4, 0.5) is 0 Å². The molecule has 0 amide bonds. The average molecular weight is 327 g/mol. The van der Waals surface area contributed by atoms with E-state index in [1.54, 1.807) is 0 Å². The van der Waals surface area contributed by atoms with Gasteiger partial charge in [0.15, 0.2) is 0 Å². The molecule has 0 saturated heterocycles. The molecule has 19 heavy (non-hydrogen) atoms. The maximum atomic E-state index is 4.50. The molecule has 0 saturated carbocycles. The van der Waals surface area contributed by atoms with Gasteiger partial charge in [0.2, 0.25) is 0 Å². The third-order valence-electron chi connectivity index (χ3n) is 3.35. The van der Waals surface area contributed by atoms with Gasteiger partial charge in [-0.05, 0) is 73.1 Å². The van der Waals surface area contributed by atoms with Crippen molar-refractivity contribution in [2.45, 2.75) is 53.5 Å². The Bertz CT molecular complexity index is 385. The van der Waals surface area contributed by atoms with Crippen LogP contribution in [-0.4, -0.2) is 17.1 Å². The third-order valence-corrected chi connectivity index (χ3v) is 3.82. The van der Waals surface area contributed by atoms with Crippen LogP contribution in [0, 0.1) is 11.3 Å². The third kappa shape index (κ3) is 6.53. The highest BCUT2D eigenvalue weighted by molar-refractivity contribution is 9.10. The lowest BCUT2D eigenvalue weighted by molar-refractivity contribution is 0.213. The fourth-order valence-corrected chi connectivity index (χ4v) is 2.13. The summed E-state index contributed by atoms with van der Waals surface area (Å²) in [4.78, 5) is 4.50. The highest BCUT2D eigenvalue weighted by atomic mass is 79.9. The van der Waals surface area contributed by atoms with E-state index in [2.05, 4.69) is 79.9 Å². The van der Waals surface area contributed by atoms with Gasteiger partial charge in [0, 0.05) is 21.9 Å². The van der Waals surface area contributed by atoms with Gasteiger partial charge in [-0.2, -0.15) is 0 Å². The first kappa shape index (κ1) is 16.6. The van der Waals surface area contributed by atoms with Crippen LogP contribution >= 0.6 is 15.9 Å². The highest BCUT2D eigenvalue weighted by Gasteiger charge is 2.26. The van der Waals surface area contributed by atoms with E-state index in [0.29, 0.717) is 5.92 Å². The molecule has 0 aliphatic heterocycles. The number of hydrogen-bond donors (Lipinski definition) is 1. The first-order valence-corrected chi connectivity index (χ1v) is 7.73. The van der Waals surface area contributed by atoms with E-state index < -0.39 is 0 Å². The number of pyridine rings is 1. The highest BCUT2D eigenvalue weighted by Crippen LogP contribution is 2.28. The van der Waals surface area contributed by atoms with Crippen molar-refractivity contribution in [3.05, 3.63) is 28.5 Å². The molecule has 1 atom stereocenters. The van der Waals surface area contributed by atoms with Crippen molar-refractivity contribution < 1.29 is 0 Å². The number of hydrogen-bond acceptors (Lipinski definition) is 2. The van der Waals surface area contributed by atoms with Crippen molar-refractivity contribution in [1.29, 1.82) is 0 Å². The van der Waals surface area contributed by atoms with Crippen molar-refractivity contribution in [2.24, 2.45) is 11.3 Å². The molecule has 1 N–H and O–H groups in total. The van der Waals surface area contributed by atoms with Crippen LogP contribution in [0.1, 0.15) is 47.2 Å². The standard InChI is InChI=1S/C16H27BrN2/c1-15(2,3)12(10-19-16(4,5)6)9-14-8-7-13(17)11-18-14/h7-8,11-12,19H,9-10H2,1-6H3. The number of nitrogens with one attached hydrogen (secondary N) is 1. The molecular weight excluding hydrogens is 300 g/mol. The average Bonchev–Trinajstić information content (AvgIpc) is 2.23. The van der Waals surface area contributed by atoms with Gasteiger partial charge in [0.25, 0.3) is 0 Å². The van der Waals surface area contributed by atoms with E-state index in [0.717, 1.165) is 17.4 Å². The van der Waals surface area contributed by atoms with Crippen molar-refractivity contribution in [2.75, 3.05) is 6.54 Å². The Morgan fingerprint density at radius 1 is 1.16 bits per heavy atom. The molecule has 0 radical (unpaired) electrons. The molecule has 0 fully saturated rings. The largest absolute Gasteiger partial charge is 0.312 e. The van der Waals surface area contributed by atoms with Crippen LogP contribution in [-0.2, 0) is 6.42 Å². The van der Waals surface area contributed by atoms with E-state index >= 15 is 0 Å². The van der Waals surface area contributed by atoms with Crippen LogP contribution in [0.25, 0.3) is 0 Å². The normalized spacial score (nSPS) is 14.5. The van der Waals surface area contributed by atoms with E-state index in [4.69, 9.17) is 0 Å². The molecule has 0 bridgehead atoms. The summed E-state index contributed by atoms with van der Waals surface area (Å²) in [6.07, 6.45) is 2.89. The topological polar surface area (TPSA) is 24.9 Å². The molecule has 108 valence electrons. The van der Waals surface area contributed by atoms with Gasteiger partial charge in [-0.15, -0.1) is 0 Å². The molecule has 1 aromatic rings. The lowest BCUT2D eigenvalue weighted by atomic mass is 9.77. The predicted molar refractivity (Wildman–Crippen MR) is 86.3 cm³/mol. The molecule has 1 heterocycles. The second-order valence-corrected chi connectivity index (χ2v) is 8.28. The zero-order valence-corrected chi connectivity index (χ0v) is 14.6. The Kier molecular flexibility index (Phi) is 5.57. The van der Waals surface area contributed by atoms with Crippen molar-refractivity contribution in [3.8, 4) is 0 Å². The summed E-state index contributed by atoms with van der Waals surface area (Å²) in [5, 5.41) is 3.62. The van der Waals surface area contributed by atoms with Crippen LogP contribution in [0.3, 0.4) is 0 Å². The van der Waals surface area contributed by atoms with Crippen LogP contribution in [0.5, 0.6) is 0 Å². The van der Waals surface area contributed by atoms with Gasteiger partial charge in [-0.1, -0.05) is 20.8 Å². The smallest absolute Gasteiger partial charge is 0.0413 e. The molecule has 2 nitrogen and oxygen atoms in total. The number of rotatable bonds is 4. The molecule has 1 rings (SSSR count). The maximum absolute atomic E-state index is 4.50. The summed E-state index contributed by atoms with van der Waals surface area (Å²) in [5.41, 5.74) is 1.60. The summed E-state index contributed by atoms with van der Waals surface area (Å²) in [7, 11) is 0. The van der Waals surface area contributed by atoms with Gasteiger partial charge >= 0.3 is 0 Å². The number of nitrogens with zero attached hydrogens (tertiary/aromatic N) is 1. The minimum Gasteiger partial charge on any atom is -0.312 e. The van der Waals surface area contributed by atoms with E-state index in [-0.39, 0.29) is 11.0 Å². The van der Waals surface area contributed by atoms with E-state index in [1.807, 2.05) is 6.20 Å². The maximum Gasteiger partial charge on any atom is 0.0413 e. The first-order chi connectivity index (χ1) is 8.58. The number of halogens is 1. The predicted octanol–water partition coefficient (Wildman–Crippen LogP) is 4.44. The van der Waals surface area contributed by atoms with Gasteiger partial charge in [-0.25, -0.2) is 0 Å². The lowest BCUT2D eigenvalue weighted by Gasteiger charge is -2.33. The fraction of sp³-hybridized carbons (Fsp3) is 0.688. The van der Waals surface area contributed by atoms with Gasteiger partial charge < -0.3 is 5.32 Å². The van der Waals surface area contributed by atoms with E-state index in [9.17, 15) is 0 Å². The van der Waals surface area contributed by atoms with Crippen molar-refractivity contribution >= 4 is 15.9 Å². The van der Waals surface area contributed by atoms with Gasteiger partial charge in [-0.3, -0.25) is 4.98 Å². The molecular formula is C16H27BrN2. The van der Waals surface area contributed by atoms with Gasteiger partial charge in [0.1, 0.15) is 0 Å². The summed E-state index contributed by atoms with van der Waals surface area (Å²) >= 11 is 3.43. The van der Waals surface area contributed by atoms with Crippen LogP contribution in [0.15, 0.2) is 22.8 Å². The minimum absolute atomic E-state index is 0.163. The van der Waals surface area contributed by atoms with Crippen molar-refractivity contribution in [1.82, 2.24) is 10.3 Å². The molecule has 1 aromatic heterocycles. The van der Waals surface area contributed by atoms with Crippen LogP contribution in [0.2, 0.25) is 0 Å². The molecule has 0 aliphatic carbocycles. The monoisotopic (exact) mass is 326 g/mol. The SMILES string of the molecule is CC(C)(C)NCC(Cc1ccc(Br)cn1)C(C)(C)C. The fourth-order valence-electron chi connectivity index (χ4n) is 1.89. The van der Waals surface area contributed by atoms with E-state index in [1.165, 1.54) is 5.69 Å². The molecule has 0 aromatic carbocycles. The second-order valence-electron chi connectivity index (χ2n) is 7.37. The summed E-state index contributed by atoms with van der Waals surface area (Å²) in [5.74, 6) is 0.570. The number of aromatic nitrogens is 1. The Morgan fingerprint density at radius 2 is 1.79 bits per heavy atom. The molecule has 3 heteroatoms. The molecule has 0 aliphatic rings. The Labute approximate surface area is 126 Å². The zero-order valence-electron chi connectivity index (χ0n) is 13.0. The molecule has 1 unspecified atom stereocenters. The van der Waals surface area contributed by atoms with Crippen molar-refractivity contribution in [3.63, 3.8) is 0 Å². The summed E-state index contributed by atoms with van der Waals surface area (Å²) in [6.45, 7) is 14.6. The van der Waals surface area contributed by atoms with Crippen LogP contribution < -0.4 is 5.32 Å². The summed E-state index contributed by atoms with van der Waals surface area (Å²) < 4.78 is 1.04. The first-order valence-electron chi connectivity index (χ1n) is 6.93.